The van der Waals surface area contributed by atoms with Crippen molar-refractivity contribution < 1.29 is 20.1 Å². The third kappa shape index (κ3) is 29.9. The van der Waals surface area contributed by atoms with E-state index in [-0.39, 0.29) is 18.9 Å². The lowest BCUT2D eigenvalue weighted by molar-refractivity contribution is -0.124. The highest BCUT2D eigenvalue weighted by Crippen LogP contribution is 2.14. The molecule has 5 heteroatoms. The van der Waals surface area contributed by atoms with Crippen molar-refractivity contribution in [2.75, 3.05) is 6.61 Å². The van der Waals surface area contributed by atoms with E-state index in [9.17, 15) is 20.1 Å². The molecule has 0 aliphatic rings. The Hall–Kier alpha value is -1.95. The number of carbonyl (C=O) groups excluding carboxylic acids is 1. The van der Waals surface area contributed by atoms with Crippen LogP contribution in [0, 0.1) is 0 Å². The van der Waals surface area contributed by atoms with Crippen LogP contribution in [0.2, 0.25) is 0 Å². The predicted octanol–water partition coefficient (Wildman–Crippen LogP) is 9.20. The van der Waals surface area contributed by atoms with Crippen molar-refractivity contribution in [1.82, 2.24) is 5.32 Å². The fourth-order valence-corrected chi connectivity index (χ4v) is 4.94. The number of aliphatic hydroxyl groups excluding tert-OH is 3. The van der Waals surface area contributed by atoms with E-state index < -0.39 is 18.2 Å². The van der Waals surface area contributed by atoms with Crippen molar-refractivity contribution >= 4 is 5.91 Å². The first kappa shape index (κ1) is 41.0. The number of rotatable bonds is 30. The molecule has 0 rings (SSSR count). The molecule has 1 amide bonds. The van der Waals surface area contributed by atoms with E-state index in [1.54, 1.807) is 6.08 Å². The number of hydrogen-bond acceptors (Lipinski definition) is 4. The van der Waals surface area contributed by atoms with Gasteiger partial charge in [-0.2, -0.15) is 0 Å². The molecule has 0 bridgehead atoms. The Morgan fingerprint density at radius 3 is 1.74 bits per heavy atom. The number of unbranched alkanes of at least 4 members (excludes halogenated alkanes) is 14. The van der Waals surface area contributed by atoms with Crippen LogP contribution >= 0.6 is 0 Å². The Bertz CT molecular complexity index is 755. The fraction of sp³-hybridized carbons (Fsp3) is 0.711. The van der Waals surface area contributed by atoms with Gasteiger partial charge in [0.1, 0.15) is 0 Å². The molecular formula is C38H67NO4. The Kier molecular flexibility index (Phi) is 31.5. The van der Waals surface area contributed by atoms with Crippen LogP contribution in [0.3, 0.4) is 0 Å². The molecule has 0 aromatic carbocycles. The molecule has 0 radical (unpaired) electrons. The van der Waals surface area contributed by atoms with Crippen molar-refractivity contribution in [3.63, 3.8) is 0 Å². The number of nitrogens with one attached hydrogen (secondary N) is 1. The van der Waals surface area contributed by atoms with E-state index in [4.69, 9.17) is 0 Å². The van der Waals surface area contributed by atoms with E-state index in [0.29, 0.717) is 6.42 Å². The van der Waals surface area contributed by atoms with Gasteiger partial charge in [0, 0.05) is 0 Å². The maximum absolute atomic E-state index is 12.3. The first-order valence-corrected chi connectivity index (χ1v) is 17.5. The minimum absolute atomic E-state index is 0.00169. The van der Waals surface area contributed by atoms with Gasteiger partial charge >= 0.3 is 0 Å². The van der Waals surface area contributed by atoms with Crippen molar-refractivity contribution in [2.24, 2.45) is 0 Å². The zero-order valence-electron chi connectivity index (χ0n) is 27.8. The molecule has 0 aromatic heterocycles. The summed E-state index contributed by atoms with van der Waals surface area (Å²) >= 11 is 0. The van der Waals surface area contributed by atoms with Gasteiger partial charge in [-0.15, -0.1) is 0 Å². The lowest BCUT2D eigenvalue weighted by Gasteiger charge is -2.21. The Morgan fingerprint density at radius 2 is 1.16 bits per heavy atom. The monoisotopic (exact) mass is 602 g/mol. The van der Waals surface area contributed by atoms with Crippen molar-refractivity contribution in [2.45, 2.75) is 167 Å². The largest absolute Gasteiger partial charge is 0.394 e. The third-order valence-corrected chi connectivity index (χ3v) is 7.61. The summed E-state index contributed by atoms with van der Waals surface area (Å²) in [5.74, 6) is -0.338. The topological polar surface area (TPSA) is 89.8 Å². The van der Waals surface area contributed by atoms with Gasteiger partial charge in [0.2, 0.25) is 5.91 Å². The molecule has 0 spiro atoms. The smallest absolute Gasteiger partial charge is 0.222 e. The number of carbonyl (C=O) groups is 1. The minimum atomic E-state index is -0.958. The average Bonchev–Trinajstić information content (AvgIpc) is 3.00. The highest BCUT2D eigenvalue weighted by Gasteiger charge is 2.20. The molecule has 0 saturated heterocycles. The number of aliphatic hydroxyl groups is 3. The normalized spacial score (nSPS) is 14.6. The summed E-state index contributed by atoms with van der Waals surface area (Å²) in [5, 5.41) is 32.9. The number of hydrogen-bond donors (Lipinski definition) is 4. The van der Waals surface area contributed by atoms with Crippen LogP contribution in [0.4, 0.5) is 0 Å². The van der Waals surface area contributed by atoms with Gasteiger partial charge in [-0.1, -0.05) is 138 Å². The fourth-order valence-electron chi connectivity index (χ4n) is 4.94. The van der Waals surface area contributed by atoms with Crippen LogP contribution in [-0.2, 0) is 4.79 Å². The summed E-state index contributed by atoms with van der Waals surface area (Å²) in [7, 11) is 0. The van der Waals surface area contributed by atoms with Gasteiger partial charge < -0.3 is 20.6 Å². The summed E-state index contributed by atoms with van der Waals surface area (Å²) < 4.78 is 0. The lowest BCUT2D eigenvalue weighted by atomic mass is 10.0. The highest BCUT2D eigenvalue weighted by molar-refractivity contribution is 5.76. The number of allylic oxidation sites excluding steroid dienone is 9. The first-order chi connectivity index (χ1) is 21.0. The van der Waals surface area contributed by atoms with Gasteiger partial charge in [-0.05, 0) is 64.7 Å². The van der Waals surface area contributed by atoms with Gasteiger partial charge in [-0.25, -0.2) is 0 Å². The summed E-state index contributed by atoms with van der Waals surface area (Å²) in [6.07, 6.45) is 42.3. The second-order valence-electron chi connectivity index (χ2n) is 11.7. The molecule has 0 aromatic rings. The van der Waals surface area contributed by atoms with E-state index in [2.05, 4.69) is 60.8 Å². The first-order valence-electron chi connectivity index (χ1n) is 17.5. The lowest BCUT2D eigenvalue weighted by Crippen LogP contribution is -2.45. The predicted molar refractivity (Wildman–Crippen MR) is 185 cm³/mol. The van der Waals surface area contributed by atoms with Crippen LogP contribution in [0.15, 0.2) is 60.8 Å². The average molecular weight is 602 g/mol. The van der Waals surface area contributed by atoms with Crippen LogP contribution in [0.1, 0.15) is 149 Å². The van der Waals surface area contributed by atoms with E-state index in [1.807, 2.05) is 13.0 Å². The SMILES string of the molecule is C/C=C/CC/C=C/CC/C=C/C(O)C(CO)NC(=O)CC(O)CCCCCCCCCCCCCC/C=C\C/C=C\CC. The standard InChI is InChI=1S/C38H67NO4/c1-3-5-7-9-11-13-14-15-16-17-18-19-20-21-22-24-25-27-29-31-35(41)33-38(43)39-36(34-40)37(42)32-30-28-26-23-12-10-8-6-4-2/h4-7,11-13,23,30,32,35-37,40-42H,3,8-10,14-22,24-29,31,33-34H2,1-2H3,(H,39,43)/b6-4+,7-5-,13-11-,23-12+,32-30+. The molecule has 0 aliphatic heterocycles. The van der Waals surface area contributed by atoms with E-state index in [0.717, 1.165) is 51.4 Å². The molecule has 4 N–H and O–H groups in total. The molecule has 0 fully saturated rings. The molecule has 0 saturated carbocycles. The zero-order valence-corrected chi connectivity index (χ0v) is 27.8. The zero-order chi connectivity index (χ0) is 31.6. The Labute approximate surface area is 265 Å². The summed E-state index contributed by atoms with van der Waals surface area (Å²) in [5.41, 5.74) is 0. The summed E-state index contributed by atoms with van der Waals surface area (Å²) in [4.78, 5) is 12.3. The minimum Gasteiger partial charge on any atom is -0.394 e. The van der Waals surface area contributed by atoms with E-state index >= 15 is 0 Å². The van der Waals surface area contributed by atoms with Crippen LogP contribution in [-0.4, -0.2) is 46.1 Å². The summed E-state index contributed by atoms with van der Waals surface area (Å²) in [6.45, 7) is 3.84. The second-order valence-corrected chi connectivity index (χ2v) is 11.7. The van der Waals surface area contributed by atoms with Crippen molar-refractivity contribution in [1.29, 1.82) is 0 Å². The molecule has 3 atom stereocenters. The van der Waals surface area contributed by atoms with Crippen molar-refractivity contribution in [3.05, 3.63) is 60.8 Å². The quantitative estimate of drug-likeness (QED) is 0.0488. The molecule has 3 unspecified atom stereocenters. The third-order valence-electron chi connectivity index (χ3n) is 7.61. The maximum Gasteiger partial charge on any atom is 0.222 e. The molecule has 0 aliphatic carbocycles. The highest BCUT2D eigenvalue weighted by atomic mass is 16.3. The molecule has 248 valence electrons. The molecule has 0 heterocycles. The second kappa shape index (κ2) is 33.0. The Morgan fingerprint density at radius 1 is 0.651 bits per heavy atom. The molecular weight excluding hydrogens is 534 g/mol. The van der Waals surface area contributed by atoms with Crippen molar-refractivity contribution in [3.8, 4) is 0 Å². The van der Waals surface area contributed by atoms with E-state index in [1.165, 1.54) is 70.6 Å². The molecule has 5 nitrogen and oxygen atoms in total. The summed E-state index contributed by atoms with van der Waals surface area (Å²) in [6, 6.07) is -0.766. The Balaban J connectivity index is 3.71. The van der Waals surface area contributed by atoms with Crippen LogP contribution in [0.5, 0.6) is 0 Å². The van der Waals surface area contributed by atoms with Crippen LogP contribution < -0.4 is 5.32 Å². The maximum atomic E-state index is 12.3. The molecule has 43 heavy (non-hydrogen) atoms. The van der Waals surface area contributed by atoms with Gasteiger partial charge in [0.05, 0.1) is 31.3 Å². The number of amides is 1. The van der Waals surface area contributed by atoms with Gasteiger partial charge in [-0.3, -0.25) is 4.79 Å². The van der Waals surface area contributed by atoms with Gasteiger partial charge in [0.25, 0.3) is 0 Å². The van der Waals surface area contributed by atoms with Gasteiger partial charge in [0.15, 0.2) is 0 Å². The van der Waals surface area contributed by atoms with Crippen LogP contribution in [0.25, 0.3) is 0 Å².